The maximum absolute atomic E-state index is 12.6. The van der Waals surface area contributed by atoms with Crippen LogP contribution in [0.5, 0.6) is 0 Å². The number of alkyl halides is 3. The van der Waals surface area contributed by atoms with Crippen LogP contribution in [-0.2, 0) is 22.1 Å². The van der Waals surface area contributed by atoms with Crippen LogP contribution in [0.4, 0.5) is 23.8 Å². The Morgan fingerprint density at radius 2 is 2.00 bits per heavy atom. The van der Waals surface area contributed by atoms with Crippen LogP contribution >= 0.6 is 0 Å². The maximum atomic E-state index is 12.6. The van der Waals surface area contributed by atoms with E-state index in [9.17, 15) is 27.9 Å². The van der Waals surface area contributed by atoms with Gasteiger partial charge in [0.25, 0.3) is 0 Å². The minimum atomic E-state index is -4.53. The molecule has 2 aromatic rings. The molecule has 0 unspecified atom stereocenters. The van der Waals surface area contributed by atoms with Crippen LogP contribution in [-0.4, -0.2) is 51.0 Å². The van der Waals surface area contributed by atoms with Crippen molar-refractivity contribution in [2.75, 3.05) is 11.9 Å². The summed E-state index contributed by atoms with van der Waals surface area (Å²) in [5.41, 5.74) is 0.147. The zero-order valence-electron chi connectivity index (χ0n) is 18.3. The lowest BCUT2D eigenvalue weighted by molar-refractivity contribution is -0.141. The highest BCUT2D eigenvalue weighted by Crippen LogP contribution is 2.36. The molecule has 4 N–H and O–H groups in total. The molecule has 2 aliphatic carbocycles. The van der Waals surface area contributed by atoms with Crippen LogP contribution in [0.2, 0.25) is 0 Å². The smallest absolute Gasteiger partial charge is 0.433 e. The summed E-state index contributed by atoms with van der Waals surface area (Å²) in [5.74, 6) is 0.275. The molecule has 12 heteroatoms. The van der Waals surface area contributed by atoms with Gasteiger partial charge in [-0.25, -0.2) is 4.79 Å². The van der Waals surface area contributed by atoms with Crippen molar-refractivity contribution in [3.63, 3.8) is 0 Å². The molecular formula is C22H26F3N5O4. The summed E-state index contributed by atoms with van der Waals surface area (Å²) in [6.45, 7) is 0.498. The van der Waals surface area contributed by atoms with Gasteiger partial charge in [-0.2, -0.15) is 18.3 Å². The molecule has 0 bridgehead atoms. The molecule has 4 rings (SSSR count). The van der Waals surface area contributed by atoms with E-state index in [4.69, 9.17) is 4.74 Å². The van der Waals surface area contributed by atoms with Crippen molar-refractivity contribution < 1.29 is 32.6 Å². The van der Waals surface area contributed by atoms with E-state index in [1.807, 2.05) is 0 Å². The normalized spacial score (nSPS) is 24.4. The highest BCUT2D eigenvalue weighted by atomic mass is 19.4. The Balaban J connectivity index is 1.21. The Labute approximate surface area is 193 Å². The Hall–Kier alpha value is -3.15. The van der Waals surface area contributed by atoms with Gasteiger partial charge in [0, 0.05) is 30.4 Å². The van der Waals surface area contributed by atoms with Gasteiger partial charge in [-0.05, 0) is 49.7 Å². The second kappa shape index (κ2) is 10.00. The fraction of sp³-hybridized carbons (Fsp3) is 0.545. The number of aliphatic hydroxyl groups is 1. The van der Waals surface area contributed by atoms with E-state index in [0.717, 1.165) is 24.4 Å². The van der Waals surface area contributed by atoms with Crippen molar-refractivity contribution in [1.29, 1.82) is 0 Å². The number of amides is 2. The van der Waals surface area contributed by atoms with Crippen LogP contribution in [0.3, 0.4) is 0 Å². The van der Waals surface area contributed by atoms with Crippen molar-refractivity contribution >= 4 is 17.8 Å². The highest BCUT2D eigenvalue weighted by molar-refractivity contribution is 5.91. The van der Waals surface area contributed by atoms with E-state index in [-0.39, 0.29) is 24.5 Å². The van der Waals surface area contributed by atoms with Crippen LogP contribution in [0, 0.1) is 5.92 Å². The monoisotopic (exact) mass is 481 g/mol. The van der Waals surface area contributed by atoms with Gasteiger partial charge < -0.3 is 20.5 Å². The van der Waals surface area contributed by atoms with E-state index in [1.54, 1.807) is 6.07 Å². The Morgan fingerprint density at radius 1 is 1.21 bits per heavy atom. The molecule has 2 amide bonds. The number of nitrogens with one attached hydrogen (secondary N) is 3. The number of pyridine rings is 1. The number of hydrogen-bond donors (Lipinski definition) is 4. The summed E-state index contributed by atoms with van der Waals surface area (Å²) in [4.78, 5) is 27.6. The van der Waals surface area contributed by atoms with Gasteiger partial charge in [0.15, 0.2) is 5.82 Å². The van der Waals surface area contributed by atoms with Gasteiger partial charge in [0.05, 0.1) is 12.5 Å². The zero-order valence-corrected chi connectivity index (χ0v) is 18.3. The average molecular weight is 481 g/mol. The first kappa shape index (κ1) is 24.0. The zero-order chi connectivity index (χ0) is 24.3. The van der Waals surface area contributed by atoms with Gasteiger partial charge in [0.1, 0.15) is 11.8 Å². The largest absolute Gasteiger partial charge is 0.446 e. The summed E-state index contributed by atoms with van der Waals surface area (Å²) >= 11 is 0. The number of aliphatic hydroxyl groups excluding tert-OH is 1. The van der Waals surface area contributed by atoms with Crippen LogP contribution in [0.1, 0.15) is 55.0 Å². The lowest BCUT2D eigenvalue weighted by Gasteiger charge is -2.31. The first-order valence-corrected chi connectivity index (χ1v) is 11.2. The molecular weight excluding hydrogens is 455 g/mol. The molecule has 2 atom stereocenters. The first-order chi connectivity index (χ1) is 16.2. The fourth-order valence-corrected chi connectivity index (χ4v) is 4.30. The number of halogens is 3. The number of ether oxygens (including phenoxy) is 1. The predicted molar refractivity (Wildman–Crippen MR) is 114 cm³/mol. The van der Waals surface area contributed by atoms with Crippen LogP contribution < -0.4 is 10.6 Å². The standard InChI is InChI=1S/C22H26F3N5O4/c23-22(24,25)18-4-1-12(10-26-18)7-20(32)28-19-9-17(29-30-19)14-2-3-16(8-14)34-21(33)27-11-13-5-15(31)6-13/h1,4,9-10,13-16,31H,2-3,5-8,11H2,(H,27,33)(H2,28,29,30,32)/t13-,14-,15-,16+/m1/s1. The topological polar surface area (TPSA) is 129 Å². The molecule has 184 valence electrons. The van der Waals surface area contributed by atoms with Crippen molar-refractivity contribution in [3.8, 4) is 0 Å². The van der Waals surface area contributed by atoms with Crippen LogP contribution in [0.25, 0.3) is 0 Å². The molecule has 34 heavy (non-hydrogen) atoms. The molecule has 0 aromatic carbocycles. The number of nitrogens with zero attached hydrogens (tertiary/aromatic N) is 2. The third kappa shape index (κ3) is 6.25. The number of H-pyrrole nitrogens is 1. The van der Waals surface area contributed by atoms with Gasteiger partial charge in [-0.15, -0.1) is 0 Å². The number of carbonyl (C=O) groups is 2. The molecule has 0 spiro atoms. The third-order valence-corrected chi connectivity index (χ3v) is 6.19. The Morgan fingerprint density at radius 3 is 2.68 bits per heavy atom. The predicted octanol–water partition coefficient (Wildman–Crippen LogP) is 3.14. The molecule has 2 aliphatic rings. The Bertz CT molecular complexity index is 1000. The second-order valence-corrected chi connectivity index (χ2v) is 8.89. The Kier molecular flexibility index (Phi) is 7.05. The van der Waals surface area contributed by atoms with E-state index >= 15 is 0 Å². The molecule has 0 radical (unpaired) electrons. The number of anilines is 1. The summed E-state index contributed by atoms with van der Waals surface area (Å²) in [7, 11) is 0. The number of carbonyl (C=O) groups excluding carboxylic acids is 2. The molecule has 9 nitrogen and oxygen atoms in total. The SMILES string of the molecule is O=C(Cc1ccc(C(F)(F)F)nc1)Nc1cc([C@@H]2CC[C@H](OC(=O)NC[C@H]3C[C@H](O)C3)C2)[nH]n1. The first-order valence-electron chi connectivity index (χ1n) is 11.2. The van der Waals surface area contributed by atoms with Gasteiger partial charge in [-0.3, -0.25) is 14.9 Å². The van der Waals surface area contributed by atoms with E-state index in [0.29, 0.717) is 49.5 Å². The molecule has 2 heterocycles. The number of alkyl carbamates (subject to hydrolysis) is 1. The van der Waals surface area contributed by atoms with E-state index in [2.05, 4.69) is 25.8 Å². The number of aromatic nitrogens is 3. The number of rotatable bonds is 7. The molecule has 2 saturated carbocycles. The van der Waals surface area contributed by atoms with Gasteiger partial charge in [-0.1, -0.05) is 6.07 Å². The fourth-order valence-electron chi connectivity index (χ4n) is 4.30. The van der Waals surface area contributed by atoms with E-state index < -0.39 is 23.9 Å². The van der Waals surface area contributed by atoms with Gasteiger partial charge >= 0.3 is 12.3 Å². The molecule has 2 fully saturated rings. The quantitative estimate of drug-likeness (QED) is 0.481. The number of hydrogen-bond acceptors (Lipinski definition) is 6. The lowest BCUT2D eigenvalue weighted by atomic mass is 9.82. The van der Waals surface area contributed by atoms with Crippen molar-refractivity contribution in [2.24, 2.45) is 5.92 Å². The lowest BCUT2D eigenvalue weighted by Crippen LogP contribution is -2.39. The minimum Gasteiger partial charge on any atom is -0.446 e. The maximum Gasteiger partial charge on any atom is 0.433 e. The van der Waals surface area contributed by atoms with Crippen molar-refractivity contribution in [3.05, 3.63) is 41.3 Å². The minimum absolute atomic E-state index is 0.0943. The third-order valence-electron chi connectivity index (χ3n) is 6.19. The molecule has 2 aromatic heterocycles. The van der Waals surface area contributed by atoms with E-state index in [1.165, 1.54) is 6.07 Å². The second-order valence-electron chi connectivity index (χ2n) is 8.89. The molecule has 0 aliphatic heterocycles. The van der Waals surface area contributed by atoms with Crippen molar-refractivity contribution in [1.82, 2.24) is 20.5 Å². The summed E-state index contributed by atoms with van der Waals surface area (Å²) in [5, 5.41) is 21.6. The molecule has 0 saturated heterocycles. The summed E-state index contributed by atoms with van der Waals surface area (Å²) in [6, 6.07) is 3.76. The highest BCUT2D eigenvalue weighted by Gasteiger charge is 2.33. The number of aromatic amines is 1. The van der Waals surface area contributed by atoms with Crippen molar-refractivity contribution in [2.45, 2.75) is 62.8 Å². The summed E-state index contributed by atoms with van der Waals surface area (Å²) in [6.07, 6.45) is -1.04. The average Bonchev–Trinajstić information content (AvgIpc) is 3.39. The van der Waals surface area contributed by atoms with Gasteiger partial charge in [0.2, 0.25) is 5.91 Å². The van der Waals surface area contributed by atoms with Crippen LogP contribution in [0.15, 0.2) is 24.4 Å². The summed E-state index contributed by atoms with van der Waals surface area (Å²) < 4.78 is 43.2.